The van der Waals surface area contributed by atoms with Gasteiger partial charge in [-0.3, -0.25) is 4.79 Å². The van der Waals surface area contributed by atoms with Crippen molar-refractivity contribution in [3.63, 3.8) is 0 Å². The normalized spacial score (nSPS) is 23.9. The summed E-state index contributed by atoms with van der Waals surface area (Å²) in [6.45, 7) is 1.55. The smallest absolute Gasteiger partial charge is 0.282 e. The third-order valence-electron chi connectivity index (χ3n) is 4.53. The fourth-order valence-electron chi connectivity index (χ4n) is 3.21. The van der Waals surface area contributed by atoms with Gasteiger partial charge in [0.25, 0.3) is 10.2 Å². The minimum absolute atomic E-state index is 0.204. The van der Waals surface area contributed by atoms with Crippen molar-refractivity contribution in [3.8, 4) is 0 Å². The summed E-state index contributed by atoms with van der Waals surface area (Å²) in [6.07, 6.45) is 2.07. The third kappa shape index (κ3) is 2.88. The second-order valence-corrected chi connectivity index (χ2v) is 7.89. The summed E-state index contributed by atoms with van der Waals surface area (Å²) >= 11 is 0. The van der Waals surface area contributed by atoms with Crippen molar-refractivity contribution in [3.05, 3.63) is 35.4 Å². The number of hydrogen-bond acceptors (Lipinski definition) is 3. The molecule has 2 N–H and O–H groups in total. The van der Waals surface area contributed by atoms with E-state index in [1.54, 1.807) is 0 Å². The lowest BCUT2D eigenvalue weighted by molar-refractivity contribution is -0.122. The zero-order valence-corrected chi connectivity index (χ0v) is 13.3. The molecule has 3 rings (SSSR count). The minimum Gasteiger partial charge on any atom is -0.369 e. The van der Waals surface area contributed by atoms with Gasteiger partial charge in [-0.2, -0.15) is 17.0 Å². The number of nitrogens with two attached hydrogens (primary N) is 1. The van der Waals surface area contributed by atoms with E-state index in [0.29, 0.717) is 32.5 Å². The predicted octanol–water partition coefficient (Wildman–Crippen LogP) is 0.487. The molecule has 1 aromatic rings. The monoisotopic (exact) mass is 323 g/mol. The number of hydrogen-bond donors (Lipinski definition) is 1. The molecule has 120 valence electrons. The van der Waals surface area contributed by atoms with Crippen LogP contribution in [0.1, 0.15) is 24.0 Å². The molecule has 6 nitrogen and oxygen atoms in total. The highest BCUT2D eigenvalue weighted by Gasteiger charge is 2.36. The first-order valence-electron chi connectivity index (χ1n) is 7.60. The number of nitrogens with zero attached hydrogens (tertiary/aromatic N) is 2. The first kappa shape index (κ1) is 15.5. The first-order chi connectivity index (χ1) is 10.5. The van der Waals surface area contributed by atoms with Crippen LogP contribution in [-0.2, 0) is 28.0 Å². The second-order valence-electron chi connectivity index (χ2n) is 5.96. The summed E-state index contributed by atoms with van der Waals surface area (Å²) in [5.41, 5.74) is 7.61. The molecule has 2 heterocycles. The molecule has 2 aliphatic rings. The number of amides is 1. The van der Waals surface area contributed by atoms with Crippen LogP contribution in [0.15, 0.2) is 24.3 Å². The highest BCUT2D eigenvalue weighted by molar-refractivity contribution is 7.86. The van der Waals surface area contributed by atoms with E-state index >= 15 is 0 Å². The molecule has 1 fully saturated rings. The van der Waals surface area contributed by atoms with Gasteiger partial charge in [0, 0.05) is 26.2 Å². The standard InChI is InChI=1S/C15H21N3O3S/c16-15(19)14-6-3-8-17(11-14)22(20,21)18-9-7-12-4-1-2-5-13(12)10-18/h1-2,4-5,14H,3,6-11H2,(H2,16,19)/t14-/m0/s1. The van der Waals surface area contributed by atoms with Gasteiger partial charge >= 0.3 is 0 Å². The average molecular weight is 323 g/mol. The van der Waals surface area contributed by atoms with Gasteiger partial charge in [0.2, 0.25) is 5.91 Å². The first-order valence-corrected chi connectivity index (χ1v) is 8.99. The summed E-state index contributed by atoms with van der Waals surface area (Å²) in [5, 5.41) is 0. The molecule has 1 amide bonds. The van der Waals surface area contributed by atoms with Crippen molar-refractivity contribution in [1.82, 2.24) is 8.61 Å². The molecule has 0 spiro atoms. The van der Waals surface area contributed by atoms with Crippen LogP contribution in [0.2, 0.25) is 0 Å². The number of carbonyl (C=O) groups is 1. The topological polar surface area (TPSA) is 83.7 Å². The van der Waals surface area contributed by atoms with Crippen molar-refractivity contribution in [2.24, 2.45) is 11.7 Å². The molecule has 0 radical (unpaired) electrons. The van der Waals surface area contributed by atoms with Gasteiger partial charge in [-0.05, 0) is 30.4 Å². The van der Waals surface area contributed by atoms with Crippen molar-refractivity contribution >= 4 is 16.1 Å². The molecule has 22 heavy (non-hydrogen) atoms. The molecule has 0 aliphatic carbocycles. The van der Waals surface area contributed by atoms with E-state index < -0.39 is 16.1 Å². The van der Waals surface area contributed by atoms with Gasteiger partial charge in [0.1, 0.15) is 0 Å². The van der Waals surface area contributed by atoms with Crippen LogP contribution in [0.5, 0.6) is 0 Å². The van der Waals surface area contributed by atoms with E-state index in [1.807, 2.05) is 24.3 Å². The fraction of sp³-hybridized carbons (Fsp3) is 0.533. The molecule has 0 saturated carbocycles. The number of fused-ring (bicyclic) bond motifs is 1. The number of primary amides is 1. The molecule has 0 bridgehead atoms. The Morgan fingerprint density at radius 2 is 1.86 bits per heavy atom. The fourth-order valence-corrected chi connectivity index (χ4v) is 4.89. The van der Waals surface area contributed by atoms with Gasteiger partial charge < -0.3 is 5.73 Å². The lowest BCUT2D eigenvalue weighted by atomic mass is 9.99. The molecular weight excluding hydrogens is 302 g/mol. The molecule has 7 heteroatoms. The van der Waals surface area contributed by atoms with Crippen molar-refractivity contribution in [1.29, 1.82) is 0 Å². The van der Waals surface area contributed by atoms with E-state index in [4.69, 9.17) is 5.73 Å². The van der Waals surface area contributed by atoms with E-state index in [-0.39, 0.29) is 12.5 Å². The summed E-state index contributed by atoms with van der Waals surface area (Å²) in [6, 6.07) is 7.92. The summed E-state index contributed by atoms with van der Waals surface area (Å²) in [5.74, 6) is -0.788. The molecule has 1 aromatic carbocycles. The van der Waals surface area contributed by atoms with Gasteiger partial charge in [0.05, 0.1) is 5.92 Å². The Hall–Kier alpha value is -1.44. The molecule has 0 aromatic heterocycles. The molecule has 1 saturated heterocycles. The van der Waals surface area contributed by atoms with Crippen molar-refractivity contribution in [2.75, 3.05) is 19.6 Å². The van der Waals surface area contributed by atoms with Crippen LogP contribution in [0.25, 0.3) is 0 Å². The molecule has 2 aliphatic heterocycles. The average Bonchev–Trinajstić information content (AvgIpc) is 2.54. The van der Waals surface area contributed by atoms with Crippen LogP contribution in [0.3, 0.4) is 0 Å². The highest BCUT2D eigenvalue weighted by atomic mass is 32.2. The minimum atomic E-state index is -3.54. The van der Waals surface area contributed by atoms with E-state index in [2.05, 4.69) is 0 Å². The van der Waals surface area contributed by atoms with Crippen molar-refractivity contribution < 1.29 is 13.2 Å². The van der Waals surface area contributed by atoms with Gasteiger partial charge in [-0.1, -0.05) is 24.3 Å². The SMILES string of the molecule is NC(=O)[C@H]1CCCN(S(=O)(=O)N2CCc3ccccc3C2)C1. The Kier molecular flexibility index (Phi) is 4.20. The Morgan fingerprint density at radius 1 is 1.14 bits per heavy atom. The van der Waals surface area contributed by atoms with Crippen LogP contribution >= 0.6 is 0 Å². The van der Waals surface area contributed by atoms with E-state index in [9.17, 15) is 13.2 Å². The molecule has 1 atom stereocenters. The number of carbonyl (C=O) groups excluding carboxylic acids is 1. The summed E-state index contributed by atoms with van der Waals surface area (Å²) in [7, 11) is -3.54. The van der Waals surface area contributed by atoms with Crippen LogP contribution in [0.4, 0.5) is 0 Å². The Labute approximate surface area is 131 Å². The highest BCUT2D eigenvalue weighted by Crippen LogP contribution is 2.25. The van der Waals surface area contributed by atoms with Gasteiger partial charge in [-0.25, -0.2) is 0 Å². The lowest BCUT2D eigenvalue weighted by Gasteiger charge is -2.36. The summed E-state index contributed by atoms with van der Waals surface area (Å²) in [4.78, 5) is 11.4. The van der Waals surface area contributed by atoms with E-state index in [1.165, 1.54) is 14.2 Å². The van der Waals surface area contributed by atoms with Crippen LogP contribution in [-0.4, -0.2) is 42.6 Å². The van der Waals surface area contributed by atoms with Crippen LogP contribution in [0, 0.1) is 5.92 Å². The van der Waals surface area contributed by atoms with Crippen molar-refractivity contribution in [2.45, 2.75) is 25.8 Å². The zero-order chi connectivity index (χ0) is 15.7. The van der Waals surface area contributed by atoms with E-state index in [0.717, 1.165) is 12.0 Å². The molecular formula is C15H21N3O3S. The number of rotatable bonds is 3. The molecule has 0 unspecified atom stereocenters. The van der Waals surface area contributed by atoms with Crippen LogP contribution < -0.4 is 5.73 Å². The largest absolute Gasteiger partial charge is 0.369 e. The predicted molar refractivity (Wildman–Crippen MR) is 83.0 cm³/mol. The van der Waals surface area contributed by atoms with Gasteiger partial charge in [-0.15, -0.1) is 0 Å². The second kappa shape index (κ2) is 5.98. The third-order valence-corrected chi connectivity index (χ3v) is 6.48. The Balaban J connectivity index is 1.78. The maximum absolute atomic E-state index is 12.8. The maximum Gasteiger partial charge on any atom is 0.282 e. The van der Waals surface area contributed by atoms with Gasteiger partial charge in [0.15, 0.2) is 0 Å². The zero-order valence-electron chi connectivity index (χ0n) is 12.4. The quantitative estimate of drug-likeness (QED) is 0.878. The maximum atomic E-state index is 12.8. The number of piperidine rings is 1. The Morgan fingerprint density at radius 3 is 2.59 bits per heavy atom. The lowest BCUT2D eigenvalue weighted by Crippen LogP contribution is -2.50. The number of benzene rings is 1. The summed E-state index contributed by atoms with van der Waals surface area (Å²) < 4.78 is 28.6. The Bertz CT molecular complexity index is 674.